The molecular weight excluding hydrogens is 565 g/mol. The van der Waals surface area contributed by atoms with E-state index in [2.05, 4.69) is 12.1 Å². The molecule has 2 aliphatic rings. The molecule has 0 saturated heterocycles. The standard InChI is InChI=1S/C34H18N2O4S2/c1-15-11-21-22(33-27(15)35-25(41-33)13-23-29(37)17-7-3-4-8-18(17)30(23)38)12-16(2)28-34(21)42-26(36-28)14-24-31(39)19-9-5-6-10-20(19)32(24)40/h3-14H,1-2H3. The minimum atomic E-state index is -0.275. The molecule has 6 aromatic rings. The Labute approximate surface area is 246 Å². The molecule has 2 heterocycles. The van der Waals surface area contributed by atoms with Crippen LogP contribution < -0.4 is 0 Å². The molecule has 2 aromatic heterocycles. The lowest BCUT2D eigenvalue weighted by Crippen LogP contribution is -2.00. The van der Waals surface area contributed by atoms with E-state index in [0.717, 1.165) is 42.3 Å². The van der Waals surface area contributed by atoms with Gasteiger partial charge in [-0.25, -0.2) is 9.97 Å². The van der Waals surface area contributed by atoms with Gasteiger partial charge in [0.2, 0.25) is 0 Å². The minimum absolute atomic E-state index is 0.133. The number of aryl methyl sites for hydroxylation is 2. The summed E-state index contributed by atoms with van der Waals surface area (Å²) in [6.07, 6.45) is 3.22. The summed E-state index contributed by atoms with van der Waals surface area (Å²) in [4.78, 5) is 61.5. The lowest BCUT2D eigenvalue weighted by atomic mass is 10.0. The van der Waals surface area contributed by atoms with Crippen LogP contribution in [0.4, 0.5) is 0 Å². The van der Waals surface area contributed by atoms with Gasteiger partial charge in [0, 0.05) is 33.0 Å². The summed E-state index contributed by atoms with van der Waals surface area (Å²) in [6.45, 7) is 3.98. The van der Waals surface area contributed by atoms with Crippen molar-refractivity contribution in [1.82, 2.24) is 9.97 Å². The van der Waals surface area contributed by atoms with Gasteiger partial charge in [-0.05, 0) is 49.3 Å². The van der Waals surface area contributed by atoms with E-state index in [0.29, 0.717) is 32.3 Å². The highest BCUT2D eigenvalue weighted by molar-refractivity contribution is 7.21. The van der Waals surface area contributed by atoms with Crippen LogP contribution in [0.1, 0.15) is 62.6 Å². The number of ketones is 4. The molecule has 0 bridgehead atoms. The number of fused-ring (bicyclic) bond motifs is 7. The zero-order valence-corrected chi connectivity index (χ0v) is 23.9. The Kier molecular flexibility index (Phi) is 5.20. The number of carbonyl (C=O) groups is 4. The summed E-state index contributed by atoms with van der Waals surface area (Å²) in [7, 11) is 0. The summed E-state index contributed by atoms with van der Waals surface area (Å²) >= 11 is 2.89. The van der Waals surface area contributed by atoms with Gasteiger partial charge in [0.1, 0.15) is 10.0 Å². The number of allylic oxidation sites excluding steroid dienone is 2. The minimum Gasteiger partial charge on any atom is -0.288 e. The van der Waals surface area contributed by atoms with Gasteiger partial charge in [0.15, 0.2) is 23.1 Å². The van der Waals surface area contributed by atoms with Crippen LogP contribution in [0, 0.1) is 13.8 Å². The number of nitrogens with zero attached hydrogens (tertiary/aromatic N) is 2. The number of aromatic nitrogens is 2. The third-order valence-electron chi connectivity index (χ3n) is 7.88. The Morgan fingerprint density at radius 3 is 1.21 bits per heavy atom. The Morgan fingerprint density at radius 1 is 0.548 bits per heavy atom. The summed E-state index contributed by atoms with van der Waals surface area (Å²) in [6, 6.07) is 17.9. The van der Waals surface area contributed by atoms with Gasteiger partial charge >= 0.3 is 0 Å². The lowest BCUT2D eigenvalue weighted by molar-refractivity contribution is 0.0975. The van der Waals surface area contributed by atoms with Gasteiger partial charge in [-0.15, -0.1) is 22.7 Å². The van der Waals surface area contributed by atoms with Crippen molar-refractivity contribution < 1.29 is 19.2 Å². The number of rotatable bonds is 2. The first-order valence-corrected chi connectivity index (χ1v) is 14.9. The predicted octanol–water partition coefficient (Wildman–Crippen LogP) is 7.60. The zero-order valence-electron chi connectivity index (χ0n) is 22.3. The van der Waals surface area contributed by atoms with Crippen LogP contribution in [-0.4, -0.2) is 33.1 Å². The predicted molar refractivity (Wildman–Crippen MR) is 166 cm³/mol. The highest BCUT2D eigenvalue weighted by atomic mass is 32.1. The van der Waals surface area contributed by atoms with E-state index in [1.807, 2.05) is 13.8 Å². The first-order valence-electron chi connectivity index (χ1n) is 13.2. The SMILES string of the molecule is Cc1cc2c(cc(C)c3nc(C=C4C(=O)c5ccccc5C4=O)sc32)c2sc(C=C3C(=O)c4ccccc4C3=O)nc12. The van der Waals surface area contributed by atoms with Crippen molar-refractivity contribution in [3.05, 3.63) is 115 Å². The molecule has 2 aliphatic carbocycles. The van der Waals surface area contributed by atoms with Crippen LogP contribution in [0.25, 0.3) is 43.4 Å². The second kappa shape index (κ2) is 8.79. The maximum absolute atomic E-state index is 13.0. The van der Waals surface area contributed by atoms with Crippen LogP contribution in [0.2, 0.25) is 0 Å². The molecule has 6 nitrogen and oxygen atoms in total. The van der Waals surface area contributed by atoms with Gasteiger partial charge in [-0.2, -0.15) is 0 Å². The summed E-state index contributed by atoms with van der Waals surface area (Å²) < 4.78 is 1.92. The van der Waals surface area contributed by atoms with Crippen molar-refractivity contribution in [1.29, 1.82) is 0 Å². The van der Waals surface area contributed by atoms with E-state index in [1.165, 1.54) is 22.7 Å². The summed E-state index contributed by atoms with van der Waals surface area (Å²) in [5.74, 6) is -1.10. The normalized spacial score (nSPS) is 14.5. The van der Waals surface area contributed by atoms with Crippen LogP contribution in [0.3, 0.4) is 0 Å². The lowest BCUT2D eigenvalue weighted by Gasteiger charge is -2.05. The van der Waals surface area contributed by atoms with Gasteiger partial charge < -0.3 is 0 Å². The van der Waals surface area contributed by atoms with Crippen molar-refractivity contribution >= 4 is 89.2 Å². The first-order chi connectivity index (χ1) is 20.3. The number of Topliss-reactive ketones (excluding diaryl/α,β-unsaturated/α-hetero) is 4. The molecule has 0 aliphatic heterocycles. The van der Waals surface area contributed by atoms with Gasteiger partial charge in [0.25, 0.3) is 0 Å². The maximum Gasteiger partial charge on any atom is 0.197 e. The van der Waals surface area contributed by atoms with Gasteiger partial charge in [-0.1, -0.05) is 48.5 Å². The van der Waals surface area contributed by atoms with E-state index < -0.39 is 0 Å². The molecule has 0 fully saturated rings. The fraction of sp³-hybridized carbons (Fsp3) is 0.0588. The smallest absolute Gasteiger partial charge is 0.197 e. The Bertz CT molecular complexity index is 2110. The third kappa shape index (κ3) is 3.42. The molecular formula is C34H18N2O4S2. The molecule has 0 radical (unpaired) electrons. The van der Waals surface area contributed by atoms with Crippen molar-refractivity contribution in [2.45, 2.75) is 13.8 Å². The molecule has 8 rings (SSSR count). The topological polar surface area (TPSA) is 94.1 Å². The van der Waals surface area contributed by atoms with Gasteiger partial charge in [-0.3, -0.25) is 19.2 Å². The zero-order chi connectivity index (χ0) is 28.9. The van der Waals surface area contributed by atoms with Crippen LogP contribution in [0.5, 0.6) is 0 Å². The maximum atomic E-state index is 13.0. The molecule has 0 atom stereocenters. The number of thiazole rings is 2. The highest BCUT2D eigenvalue weighted by Crippen LogP contribution is 2.41. The van der Waals surface area contributed by atoms with Crippen LogP contribution >= 0.6 is 22.7 Å². The molecule has 200 valence electrons. The molecule has 0 saturated carbocycles. The first kappa shape index (κ1) is 24.8. The van der Waals surface area contributed by atoms with Crippen LogP contribution in [0.15, 0.2) is 71.8 Å². The van der Waals surface area contributed by atoms with E-state index in [1.54, 1.807) is 60.7 Å². The quantitative estimate of drug-likeness (QED) is 0.154. The molecule has 42 heavy (non-hydrogen) atoms. The number of benzene rings is 4. The Morgan fingerprint density at radius 2 is 0.881 bits per heavy atom. The van der Waals surface area contributed by atoms with Crippen molar-refractivity contribution in [3.8, 4) is 0 Å². The Balaban J connectivity index is 1.26. The second-order valence-corrected chi connectivity index (χ2v) is 12.5. The van der Waals surface area contributed by atoms with Crippen molar-refractivity contribution in [2.75, 3.05) is 0 Å². The average Bonchev–Trinajstić information content (AvgIpc) is 3.73. The van der Waals surface area contributed by atoms with E-state index in [4.69, 9.17) is 9.97 Å². The highest BCUT2D eigenvalue weighted by Gasteiger charge is 2.34. The number of hydrogen-bond donors (Lipinski definition) is 0. The molecule has 0 spiro atoms. The van der Waals surface area contributed by atoms with Crippen molar-refractivity contribution in [3.63, 3.8) is 0 Å². The molecule has 0 amide bonds. The van der Waals surface area contributed by atoms with E-state index >= 15 is 0 Å². The average molecular weight is 583 g/mol. The summed E-state index contributed by atoms with van der Waals surface area (Å²) in [5, 5.41) is 3.18. The van der Waals surface area contributed by atoms with Crippen molar-refractivity contribution in [2.24, 2.45) is 0 Å². The fourth-order valence-corrected chi connectivity index (χ4v) is 8.06. The largest absolute Gasteiger partial charge is 0.288 e. The second-order valence-electron chi connectivity index (χ2n) is 10.5. The molecule has 8 heteroatoms. The summed E-state index contributed by atoms with van der Waals surface area (Å²) in [5.41, 5.74) is 5.53. The Hall–Kier alpha value is -4.92. The third-order valence-corrected chi connectivity index (χ3v) is 9.95. The number of hydrogen-bond acceptors (Lipinski definition) is 8. The molecule has 4 aromatic carbocycles. The number of carbonyl (C=O) groups excluding carboxylic acids is 4. The van der Waals surface area contributed by atoms with Gasteiger partial charge in [0.05, 0.1) is 31.6 Å². The van der Waals surface area contributed by atoms with E-state index in [-0.39, 0.29) is 34.3 Å². The van der Waals surface area contributed by atoms with E-state index in [9.17, 15) is 19.2 Å². The van der Waals surface area contributed by atoms with Crippen LogP contribution in [-0.2, 0) is 0 Å². The molecule has 0 N–H and O–H groups in total. The molecule has 0 unspecified atom stereocenters. The fourth-order valence-electron chi connectivity index (χ4n) is 5.85. The monoisotopic (exact) mass is 582 g/mol.